The highest BCUT2D eigenvalue weighted by Gasteiger charge is 2.20. The Morgan fingerprint density at radius 2 is 1.74 bits per heavy atom. The minimum atomic E-state index is -3.95. The summed E-state index contributed by atoms with van der Waals surface area (Å²) in [4.78, 5) is 16.9. The number of sulfonamides is 1. The third kappa shape index (κ3) is 5.55. The van der Waals surface area contributed by atoms with E-state index < -0.39 is 15.8 Å². The molecule has 1 N–H and O–H groups in total. The fourth-order valence-electron chi connectivity index (χ4n) is 3.83. The number of carbonyl (C=O) groups excluding carboxylic acids is 1. The van der Waals surface area contributed by atoms with Crippen molar-refractivity contribution in [1.82, 2.24) is 4.90 Å². The van der Waals surface area contributed by atoms with Crippen molar-refractivity contribution in [1.29, 1.82) is 0 Å². The molecule has 0 radical (unpaired) electrons. The first-order chi connectivity index (χ1) is 16.3. The molecule has 9 heteroatoms. The first-order valence-electron chi connectivity index (χ1n) is 10.9. The minimum absolute atomic E-state index is 0.0511. The van der Waals surface area contributed by atoms with E-state index in [0.717, 1.165) is 24.3 Å². The lowest BCUT2D eigenvalue weighted by Gasteiger charge is -2.31. The molecule has 1 aliphatic heterocycles. The largest absolute Gasteiger partial charge is 0.378 e. The molecule has 3 aromatic carbocycles. The molecule has 0 aromatic heterocycles. The van der Waals surface area contributed by atoms with Crippen LogP contribution in [0.1, 0.15) is 15.9 Å². The molecule has 0 unspecified atom stereocenters. The smallest absolute Gasteiger partial charge is 0.261 e. The first kappa shape index (κ1) is 23.7. The predicted octanol–water partition coefficient (Wildman–Crippen LogP) is 3.74. The van der Waals surface area contributed by atoms with Gasteiger partial charge in [0.25, 0.3) is 15.9 Å². The van der Waals surface area contributed by atoms with Crippen molar-refractivity contribution < 1.29 is 22.3 Å². The van der Waals surface area contributed by atoms with E-state index in [-0.39, 0.29) is 22.1 Å². The topological polar surface area (TPSA) is 79.0 Å². The van der Waals surface area contributed by atoms with Gasteiger partial charge in [-0.25, -0.2) is 12.8 Å². The second-order valence-corrected chi connectivity index (χ2v) is 9.71. The Morgan fingerprint density at radius 1 is 1.03 bits per heavy atom. The van der Waals surface area contributed by atoms with Gasteiger partial charge in [-0.1, -0.05) is 24.3 Å². The zero-order valence-electron chi connectivity index (χ0n) is 18.8. The summed E-state index contributed by atoms with van der Waals surface area (Å²) in [5.41, 5.74) is 2.55. The molecule has 4 rings (SSSR count). The van der Waals surface area contributed by atoms with Gasteiger partial charge in [-0.15, -0.1) is 0 Å². The third-order valence-corrected chi connectivity index (χ3v) is 6.96. The average Bonchev–Trinajstić information content (AvgIpc) is 2.86. The van der Waals surface area contributed by atoms with Crippen LogP contribution in [0.25, 0.3) is 0 Å². The highest BCUT2D eigenvalue weighted by Crippen LogP contribution is 2.24. The summed E-state index contributed by atoms with van der Waals surface area (Å²) in [5.74, 6) is -0.760. The van der Waals surface area contributed by atoms with E-state index in [2.05, 4.69) is 9.62 Å². The summed E-state index contributed by atoms with van der Waals surface area (Å²) in [5, 5.41) is 0. The molecule has 178 valence electrons. The number of carbonyl (C=O) groups is 1. The number of amides is 1. The van der Waals surface area contributed by atoms with Gasteiger partial charge in [0.1, 0.15) is 5.82 Å². The minimum Gasteiger partial charge on any atom is -0.378 e. The highest BCUT2D eigenvalue weighted by atomic mass is 32.2. The Kier molecular flexibility index (Phi) is 7.14. The Hall–Kier alpha value is -3.43. The van der Waals surface area contributed by atoms with Crippen molar-refractivity contribution in [2.24, 2.45) is 0 Å². The number of para-hydroxylation sites is 1. The average molecular weight is 484 g/mol. The third-order valence-electron chi connectivity index (χ3n) is 5.59. The molecule has 0 atom stereocenters. The van der Waals surface area contributed by atoms with E-state index >= 15 is 0 Å². The number of benzene rings is 3. The number of rotatable bonds is 7. The fourth-order valence-corrected chi connectivity index (χ4v) is 4.94. The molecule has 1 fully saturated rings. The predicted molar refractivity (Wildman–Crippen MR) is 129 cm³/mol. The van der Waals surface area contributed by atoms with Crippen molar-refractivity contribution in [3.63, 3.8) is 0 Å². The molecular formula is C25H26FN3O4S. The summed E-state index contributed by atoms with van der Waals surface area (Å²) >= 11 is 0. The van der Waals surface area contributed by atoms with Gasteiger partial charge in [-0.3, -0.25) is 9.52 Å². The van der Waals surface area contributed by atoms with Crippen LogP contribution < -0.4 is 9.62 Å². The molecule has 34 heavy (non-hydrogen) atoms. The van der Waals surface area contributed by atoms with Crippen LogP contribution in [0.5, 0.6) is 0 Å². The molecule has 7 nitrogen and oxygen atoms in total. The van der Waals surface area contributed by atoms with Crippen LogP contribution in [0.4, 0.5) is 15.8 Å². The van der Waals surface area contributed by atoms with Crippen LogP contribution >= 0.6 is 0 Å². The number of nitrogens with zero attached hydrogens (tertiary/aromatic N) is 2. The van der Waals surface area contributed by atoms with Crippen molar-refractivity contribution in [2.75, 3.05) is 43.0 Å². The van der Waals surface area contributed by atoms with E-state index in [4.69, 9.17) is 4.74 Å². The van der Waals surface area contributed by atoms with Gasteiger partial charge in [-0.2, -0.15) is 0 Å². The quantitative estimate of drug-likeness (QED) is 0.554. The molecule has 1 saturated heterocycles. The fraction of sp³-hybridized carbons (Fsp3) is 0.240. The number of ether oxygens (including phenoxy) is 1. The molecule has 1 heterocycles. The second-order valence-electron chi connectivity index (χ2n) is 8.03. The summed E-state index contributed by atoms with van der Waals surface area (Å²) in [6, 6.07) is 18.8. The zero-order chi connectivity index (χ0) is 24.1. The van der Waals surface area contributed by atoms with Crippen molar-refractivity contribution in [3.8, 4) is 0 Å². The summed E-state index contributed by atoms with van der Waals surface area (Å²) in [6.07, 6.45) is 0. The Morgan fingerprint density at radius 3 is 2.47 bits per heavy atom. The monoisotopic (exact) mass is 483 g/mol. The molecule has 0 aliphatic carbocycles. The Balaban J connectivity index is 1.50. The molecule has 1 amide bonds. The van der Waals surface area contributed by atoms with Gasteiger partial charge >= 0.3 is 0 Å². The lowest BCUT2D eigenvalue weighted by Crippen LogP contribution is -2.37. The SMILES string of the molecule is CN(Cc1ccccc1N1CCOCC1)C(=O)c1cccc(S(=O)(=O)Nc2ccc(F)cc2)c1. The number of nitrogens with one attached hydrogen (secondary N) is 1. The van der Waals surface area contributed by atoms with Crippen molar-refractivity contribution in [2.45, 2.75) is 11.4 Å². The van der Waals surface area contributed by atoms with Crippen LogP contribution in [0, 0.1) is 5.82 Å². The van der Waals surface area contributed by atoms with Gasteiger partial charge in [0.2, 0.25) is 0 Å². The maximum Gasteiger partial charge on any atom is 0.261 e. The van der Waals surface area contributed by atoms with Crippen LogP contribution in [-0.4, -0.2) is 52.6 Å². The molecular weight excluding hydrogens is 457 g/mol. The lowest BCUT2D eigenvalue weighted by atomic mass is 10.1. The van der Waals surface area contributed by atoms with Gasteiger partial charge < -0.3 is 14.5 Å². The van der Waals surface area contributed by atoms with E-state index in [1.807, 2.05) is 24.3 Å². The standard InChI is InChI=1S/C25H26FN3O4S/c1-28(18-20-5-2-3-8-24(20)29-13-15-33-16-14-29)25(30)19-6-4-7-23(17-19)34(31,32)27-22-11-9-21(26)10-12-22/h2-12,17,27H,13-16,18H2,1H3. The van der Waals surface area contributed by atoms with Crippen LogP contribution in [-0.2, 0) is 21.3 Å². The van der Waals surface area contributed by atoms with Gasteiger partial charge in [0.15, 0.2) is 0 Å². The summed E-state index contributed by atoms with van der Waals surface area (Å²) in [6.45, 7) is 3.27. The highest BCUT2D eigenvalue weighted by molar-refractivity contribution is 7.92. The van der Waals surface area contributed by atoms with Gasteiger partial charge in [-0.05, 0) is 54.1 Å². The lowest BCUT2D eigenvalue weighted by molar-refractivity contribution is 0.0784. The molecule has 0 bridgehead atoms. The number of morpholine rings is 1. The number of hydrogen-bond donors (Lipinski definition) is 1. The van der Waals surface area contributed by atoms with Crippen molar-refractivity contribution in [3.05, 3.63) is 89.7 Å². The first-order valence-corrected chi connectivity index (χ1v) is 12.4. The number of anilines is 2. The molecule has 0 spiro atoms. The van der Waals surface area contributed by atoms with Gasteiger partial charge in [0.05, 0.1) is 18.1 Å². The maximum absolute atomic E-state index is 13.1. The van der Waals surface area contributed by atoms with E-state index in [9.17, 15) is 17.6 Å². The zero-order valence-corrected chi connectivity index (χ0v) is 19.6. The maximum atomic E-state index is 13.1. The van der Waals surface area contributed by atoms with E-state index in [1.165, 1.54) is 42.5 Å². The van der Waals surface area contributed by atoms with Crippen LogP contribution in [0.15, 0.2) is 77.7 Å². The van der Waals surface area contributed by atoms with Crippen LogP contribution in [0.2, 0.25) is 0 Å². The van der Waals surface area contributed by atoms with Crippen LogP contribution in [0.3, 0.4) is 0 Å². The number of hydrogen-bond acceptors (Lipinski definition) is 5. The Labute approximate surface area is 198 Å². The van der Waals surface area contributed by atoms with E-state index in [1.54, 1.807) is 18.0 Å². The second kappa shape index (κ2) is 10.2. The molecule has 3 aromatic rings. The summed E-state index contributed by atoms with van der Waals surface area (Å²) in [7, 11) is -2.26. The summed E-state index contributed by atoms with van der Waals surface area (Å²) < 4.78 is 46.6. The van der Waals surface area contributed by atoms with E-state index in [0.29, 0.717) is 19.8 Å². The number of halogens is 1. The van der Waals surface area contributed by atoms with Crippen molar-refractivity contribution >= 4 is 27.3 Å². The normalized spacial score (nSPS) is 14.0. The van der Waals surface area contributed by atoms with Gasteiger partial charge in [0, 0.05) is 43.6 Å². The molecule has 0 saturated carbocycles. The molecule has 1 aliphatic rings. The Bertz CT molecular complexity index is 1260.